The molecule has 0 radical (unpaired) electrons. The molecule has 0 unspecified atom stereocenters. The van der Waals surface area contributed by atoms with Gasteiger partial charge in [0.2, 0.25) is 11.8 Å². The largest absolute Gasteiger partial charge is 0.444 e. The zero-order chi connectivity index (χ0) is 22.2. The number of ether oxygens (including phenoxy) is 1. The van der Waals surface area contributed by atoms with E-state index >= 15 is 0 Å². The van der Waals surface area contributed by atoms with Crippen molar-refractivity contribution in [1.29, 1.82) is 0 Å². The predicted octanol–water partition coefficient (Wildman–Crippen LogP) is 5.18. The molecule has 1 aromatic carbocycles. The first-order valence-electron chi connectivity index (χ1n) is 9.10. The second kappa shape index (κ2) is 8.69. The third-order valence-electron chi connectivity index (χ3n) is 4.49. The lowest BCUT2D eigenvalue weighted by molar-refractivity contribution is 0.0156. The molecule has 1 amide bonds. The van der Waals surface area contributed by atoms with Crippen molar-refractivity contribution in [3.05, 3.63) is 38.1 Å². The van der Waals surface area contributed by atoms with Gasteiger partial charge in [0.1, 0.15) is 23.0 Å². The number of hydrogen-bond acceptors (Lipinski definition) is 5. The van der Waals surface area contributed by atoms with Crippen LogP contribution in [0.15, 0.2) is 10.5 Å². The smallest absolute Gasteiger partial charge is 0.410 e. The maximum Gasteiger partial charge on any atom is 0.410 e. The molecule has 1 aliphatic rings. The molecule has 0 aliphatic carbocycles. The lowest BCUT2D eigenvalue weighted by Gasteiger charge is -2.40. The molecule has 160 valence electrons. The van der Waals surface area contributed by atoms with Gasteiger partial charge >= 0.3 is 6.09 Å². The summed E-state index contributed by atoms with van der Waals surface area (Å²) in [6.45, 7) is 13.7. The van der Waals surface area contributed by atoms with Gasteiger partial charge in [-0.15, -0.1) is 0 Å². The molecule has 1 saturated heterocycles. The van der Waals surface area contributed by atoms with Crippen molar-refractivity contribution < 1.29 is 13.9 Å². The number of nitrogens with zero attached hydrogens (tertiary/aromatic N) is 5. The first-order valence-corrected chi connectivity index (χ1v) is 10.6. The van der Waals surface area contributed by atoms with Crippen LogP contribution in [0.2, 0.25) is 10.3 Å². The van der Waals surface area contributed by atoms with Crippen LogP contribution < -0.4 is 4.90 Å². The Bertz CT molecular complexity index is 1040. The number of rotatable bonds is 2. The Labute approximate surface area is 192 Å². The highest BCUT2D eigenvalue weighted by Crippen LogP contribution is 2.36. The lowest BCUT2D eigenvalue weighted by Crippen LogP contribution is -2.57. The average Bonchev–Trinajstić information content (AvgIpc) is 2.65. The van der Waals surface area contributed by atoms with E-state index in [1.54, 1.807) is 31.7 Å². The molecule has 2 heterocycles. The Morgan fingerprint density at radius 2 is 2.10 bits per heavy atom. The fourth-order valence-corrected chi connectivity index (χ4v) is 3.90. The number of hydrogen-bond donors (Lipinski definition) is 0. The van der Waals surface area contributed by atoms with Crippen molar-refractivity contribution in [2.45, 2.75) is 32.4 Å². The lowest BCUT2D eigenvalue weighted by atomic mass is 10.1. The topological polar surface area (TPSA) is 62.9 Å². The van der Waals surface area contributed by atoms with Gasteiger partial charge in [0.25, 0.3) is 0 Å². The Morgan fingerprint density at radius 1 is 1.40 bits per heavy atom. The number of benzene rings is 1. The number of fused-ring (bicyclic) bond motifs is 1. The van der Waals surface area contributed by atoms with Crippen LogP contribution in [-0.4, -0.2) is 58.8 Å². The summed E-state index contributed by atoms with van der Waals surface area (Å²) in [4.78, 5) is 27.8. The summed E-state index contributed by atoms with van der Waals surface area (Å²) in [6, 6.07) is 1.14. The van der Waals surface area contributed by atoms with Gasteiger partial charge in [-0.1, -0.05) is 11.6 Å². The molecule has 30 heavy (non-hydrogen) atoms. The maximum absolute atomic E-state index is 14.7. The Balaban J connectivity index is 1.97. The van der Waals surface area contributed by atoms with Crippen LogP contribution in [0.4, 0.5) is 15.0 Å². The fraction of sp³-hybridized carbons (Fsp3) is 0.474. The summed E-state index contributed by atoms with van der Waals surface area (Å²) in [5, 5.41) is 0.469. The molecule has 0 spiro atoms. The Hall–Kier alpha value is -1.89. The second-order valence-corrected chi connectivity index (χ2v) is 9.35. The van der Waals surface area contributed by atoms with Crippen LogP contribution in [0.3, 0.4) is 0 Å². The van der Waals surface area contributed by atoms with E-state index in [-0.39, 0.29) is 26.8 Å². The number of amides is 1. The third-order valence-corrected chi connectivity index (χ3v) is 5.96. The molecule has 0 saturated carbocycles. The highest BCUT2D eigenvalue weighted by atomic mass is 79.9. The number of carbonyl (C=O) groups is 1. The van der Waals surface area contributed by atoms with Crippen LogP contribution in [0.25, 0.3) is 15.7 Å². The quantitative estimate of drug-likeness (QED) is 0.311. The van der Waals surface area contributed by atoms with Crippen molar-refractivity contribution >= 4 is 61.9 Å². The zero-order valence-corrected chi connectivity index (χ0v) is 19.6. The van der Waals surface area contributed by atoms with Crippen molar-refractivity contribution in [1.82, 2.24) is 14.9 Å². The molecule has 1 atom stereocenters. The van der Waals surface area contributed by atoms with Gasteiger partial charge in [-0.2, -0.15) is 4.98 Å². The van der Waals surface area contributed by atoms with Gasteiger partial charge in [-0.25, -0.2) is 20.7 Å². The minimum Gasteiger partial charge on any atom is -0.444 e. The minimum absolute atomic E-state index is 0.0394. The van der Waals surface area contributed by atoms with E-state index < -0.39 is 23.6 Å². The van der Waals surface area contributed by atoms with E-state index in [1.807, 2.05) is 4.90 Å². The van der Waals surface area contributed by atoms with E-state index in [4.69, 9.17) is 34.5 Å². The molecule has 0 bridgehead atoms. The summed E-state index contributed by atoms with van der Waals surface area (Å²) >= 11 is 15.3. The number of piperazine rings is 1. The van der Waals surface area contributed by atoms with Crippen LogP contribution in [-0.2, 0) is 4.74 Å². The number of halogens is 4. The summed E-state index contributed by atoms with van der Waals surface area (Å²) in [7, 11) is 0. The van der Waals surface area contributed by atoms with Crippen molar-refractivity contribution in [3.63, 3.8) is 0 Å². The maximum atomic E-state index is 14.7. The number of carbonyl (C=O) groups excluding carboxylic acids is 1. The van der Waals surface area contributed by atoms with Gasteiger partial charge < -0.3 is 14.5 Å². The van der Waals surface area contributed by atoms with Crippen LogP contribution in [0, 0.1) is 12.4 Å². The first-order chi connectivity index (χ1) is 14.0. The predicted molar refractivity (Wildman–Crippen MR) is 118 cm³/mol. The molecule has 1 fully saturated rings. The van der Waals surface area contributed by atoms with E-state index in [9.17, 15) is 9.18 Å². The second-order valence-electron chi connectivity index (χ2n) is 7.81. The molecule has 2 aromatic rings. The van der Waals surface area contributed by atoms with Gasteiger partial charge in [0.05, 0.1) is 9.50 Å². The van der Waals surface area contributed by atoms with Crippen molar-refractivity contribution in [3.8, 4) is 0 Å². The summed E-state index contributed by atoms with van der Waals surface area (Å²) < 4.78 is 20.3. The molecule has 11 heteroatoms. The highest BCUT2D eigenvalue weighted by molar-refractivity contribution is 9.10. The SMILES string of the molecule is [C-]#[N+]C[C@H]1CN(c2nc(Cl)nc3c(F)c(Br)c(Cl)cc23)CCN1C(=O)OC(C)(C)C. The molecule has 3 rings (SSSR count). The summed E-state index contributed by atoms with van der Waals surface area (Å²) in [5.41, 5.74) is -0.605. The molecular formula is C19H19BrCl2FN5O2. The molecule has 1 aliphatic heterocycles. The Morgan fingerprint density at radius 3 is 2.73 bits per heavy atom. The zero-order valence-electron chi connectivity index (χ0n) is 16.5. The van der Waals surface area contributed by atoms with Crippen molar-refractivity contribution in [2.75, 3.05) is 31.1 Å². The average molecular weight is 519 g/mol. The Kier molecular flexibility index (Phi) is 6.60. The van der Waals surface area contributed by atoms with Gasteiger partial charge in [0.15, 0.2) is 5.82 Å². The molecule has 1 aromatic heterocycles. The van der Waals surface area contributed by atoms with Crippen LogP contribution >= 0.6 is 39.1 Å². The number of anilines is 1. The van der Waals surface area contributed by atoms with Crippen molar-refractivity contribution in [2.24, 2.45) is 0 Å². The van der Waals surface area contributed by atoms with E-state index in [1.165, 1.54) is 0 Å². The van der Waals surface area contributed by atoms with E-state index in [0.29, 0.717) is 30.8 Å². The van der Waals surface area contributed by atoms with Gasteiger partial charge in [-0.3, -0.25) is 4.90 Å². The first kappa shape index (κ1) is 22.8. The van der Waals surface area contributed by atoms with Crippen LogP contribution in [0.1, 0.15) is 20.8 Å². The highest BCUT2D eigenvalue weighted by Gasteiger charge is 2.36. The molecule has 0 N–H and O–H groups in total. The molecule has 7 nitrogen and oxygen atoms in total. The summed E-state index contributed by atoms with van der Waals surface area (Å²) in [6.07, 6.45) is -0.473. The molecular weight excluding hydrogens is 500 g/mol. The third kappa shape index (κ3) is 4.71. The fourth-order valence-electron chi connectivity index (χ4n) is 3.24. The van der Waals surface area contributed by atoms with Gasteiger partial charge in [-0.05, 0) is 54.4 Å². The van der Waals surface area contributed by atoms with E-state index in [2.05, 4.69) is 30.7 Å². The van der Waals surface area contributed by atoms with Crippen LogP contribution in [0.5, 0.6) is 0 Å². The van der Waals surface area contributed by atoms with Gasteiger partial charge in [0, 0.05) is 25.0 Å². The standard InChI is InChI=1S/C19H19BrCl2FN5O2/c1-19(2,3)30-18(29)28-6-5-27(9-10(28)8-24-4)16-11-7-12(21)13(20)14(23)15(11)25-17(22)26-16/h7,10H,5-6,8-9H2,1-3H3/t10-/m0/s1. The number of aromatic nitrogens is 2. The normalized spacial score (nSPS) is 17.2. The summed E-state index contributed by atoms with van der Waals surface area (Å²) in [5.74, 6) is -0.231. The monoisotopic (exact) mass is 517 g/mol. The minimum atomic E-state index is -0.644. The van der Waals surface area contributed by atoms with E-state index in [0.717, 1.165) is 0 Å².